The van der Waals surface area contributed by atoms with E-state index in [0.717, 1.165) is 37.8 Å². The van der Waals surface area contributed by atoms with Gasteiger partial charge in [0, 0.05) is 49.7 Å². The van der Waals surface area contributed by atoms with Gasteiger partial charge in [0.2, 0.25) is 5.95 Å². The van der Waals surface area contributed by atoms with Crippen LogP contribution in [0.5, 0.6) is 0 Å². The zero-order valence-corrected chi connectivity index (χ0v) is 11.8. The van der Waals surface area contributed by atoms with Crippen molar-refractivity contribution < 1.29 is 0 Å². The van der Waals surface area contributed by atoms with Gasteiger partial charge in [0.15, 0.2) is 0 Å². The quantitative estimate of drug-likeness (QED) is 0.852. The largest absolute Gasteiger partial charge is 0.338 e. The Morgan fingerprint density at radius 2 is 2.22 bits per heavy atom. The van der Waals surface area contributed by atoms with E-state index in [4.69, 9.17) is 0 Å². The number of hydrogen-bond acceptors (Lipinski definition) is 5. The summed E-state index contributed by atoms with van der Waals surface area (Å²) in [5.74, 6) is 0.868. The van der Waals surface area contributed by atoms with Gasteiger partial charge in [0.1, 0.15) is 0 Å². The van der Waals surface area contributed by atoms with Gasteiger partial charge in [-0.05, 0) is 27.9 Å². The minimum atomic E-state index is 0.555. The van der Waals surface area contributed by atoms with Crippen LogP contribution in [0.25, 0.3) is 0 Å². The van der Waals surface area contributed by atoms with Crippen LogP contribution in [0.4, 0.5) is 5.95 Å². The first-order chi connectivity index (χ1) is 8.61. The Labute approximate surface area is 109 Å². The number of piperazine rings is 1. The van der Waals surface area contributed by atoms with E-state index in [2.05, 4.69) is 46.0 Å². The van der Waals surface area contributed by atoms with Crippen molar-refractivity contribution in [3.8, 4) is 0 Å². The van der Waals surface area contributed by atoms with E-state index in [1.807, 2.05) is 13.2 Å². The molecule has 5 heteroatoms. The molecule has 0 amide bonds. The van der Waals surface area contributed by atoms with Gasteiger partial charge in [-0.3, -0.25) is 0 Å². The Morgan fingerprint density at radius 3 is 2.83 bits per heavy atom. The predicted molar refractivity (Wildman–Crippen MR) is 73.8 cm³/mol. The molecule has 0 spiro atoms. The van der Waals surface area contributed by atoms with Gasteiger partial charge in [-0.2, -0.15) is 0 Å². The van der Waals surface area contributed by atoms with Crippen LogP contribution in [0.1, 0.15) is 18.2 Å². The van der Waals surface area contributed by atoms with E-state index in [0.29, 0.717) is 6.04 Å². The Balaban J connectivity index is 2.12. The lowest BCUT2D eigenvalue weighted by Crippen LogP contribution is -2.50. The molecule has 1 fully saturated rings. The molecule has 2 heterocycles. The van der Waals surface area contributed by atoms with Crippen molar-refractivity contribution in [3.63, 3.8) is 0 Å². The second kappa shape index (κ2) is 5.63. The first-order valence-corrected chi connectivity index (χ1v) is 6.54. The lowest BCUT2D eigenvalue weighted by molar-refractivity contribution is 0.232. The molecule has 2 rings (SSSR count). The van der Waals surface area contributed by atoms with Crippen LogP contribution in [0.15, 0.2) is 6.20 Å². The molecule has 1 aromatic rings. The minimum Gasteiger partial charge on any atom is -0.338 e. The van der Waals surface area contributed by atoms with Crippen molar-refractivity contribution in [2.75, 3.05) is 38.6 Å². The summed E-state index contributed by atoms with van der Waals surface area (Å²) < 4.78 is 0. The van der Waals surface area contributed by atoms with E-state index in [9.17, 15) is 0 Å². The van der Waals surface area contributed by atoms with Gasteiger partial charge >= 0.3 is 0 Å². The molecule has 1 atom stereocenters. The number of nitrogens with zero attached hydrogens (tertiary/aromatic N) is 4. The van der Waals surface area contributed by atoms with Crippen LogP contribution in [-0.2, 0) is 6.54 Å². The lowest BCUT2D eigenvalue weighted by atomic mass is 10.2. The van der Waals surface area contributed by atoms with E-state index in [1.54, 1.807) is 0 Å². The van der Waals surface area contributed by atoms with E-state index in [-0.39, 0.29) is 0 Å². The van der Waals surface area contributed by atoms with Crippen LogP contribution in [0, 0.1) is 6.92 Å². The normalized spacial score (nSPS) is 21.3. The number of hydrogen-bond donors (Lipinski definition) is 1. The summed E-state index contributed by atoms with van der Waals surface area (Å²) in [5.41, 5.74) is 2.24. The van der Waals surface area contributed by atoms with Crippen molar-refractivity contribution in [3.05, 3.63) is 17.5 Å². The summed E-state index contributed by atoms with van der Waals surface area (Å²) >= 11 is 0. The van der Waals surface area contributed by atoms with E-state index in [1.165, 1.54) is 5.56 Å². The average molecular weight is 249 g/mol. The maximum absolute atomic E-state index is 4.63. The first kappa shape index (κ1) is 13.2. The number of nitrogens with one attached hydrogen (secondary N) is 1. The highest BCUT2D eigenvalue weighted by molar-refractivity contribution is 5.34. The SMILES string of the molecule is CNCc1cnc(N2CCN(C)C(C)C2)nc1C. The Hall–Kier alpha value is -1.20. The van der Waals surface area contributed by atoms with Crippen molar-refractivity contribution >= 4 is 5.95 Å². The fourth-order valence-corrected chi connectivity index (χ4v) is 2.23. The fraction of sp³-hybridized carbons (Fsp3) is 0.692. The van der Waals surface area contributed by atoms with Gasteiger partial charge in [-0.15, -0.1) is 0 Å². The third kappa shape index (κ3) is 2.79. The average Bonchev–Trinajstić information content (AvgIpc) is 2.35. The molecule has 0 aliphatic carbocycles. The first-order valence-electron chi connectivity index (χ1n) is 6.54. The number of aromatic nitrogens is 2. The fourth-order valence-electron chi connectivity index (χ4n) is 2.23. The highest BCUT2D eigenvalue weighted by Crippen LogP contribution is 2.15. The van der Waals surface area contributed by atoms with E-state index < -0.39 is 0 Å². The molecule has 1 N–H and O–H groups in total. The molecule has 0 saturated carbocycles. The zero-order valence-electron chi connectivity index (χ0n) is 11.8. The molecule has 1 saturated heterocycles. The third-order valence-corrected chi connectivity index (χ3v) is 3.68. The molecule has 5 nitrogen and oxygen atoms in total. The van der Waals surface area contributed by atoms with Crippen LogP contribution in [0.2, 0.25) is 0 Å². The van der Waals surface area contributed by atoms with Crippen LogP contribution >= 0.6 is 0 Å². The second-order valence-electron chi connectivity index (χ2n) is 5.09. The minimum absolute atomic E-state index is 0.555. The van der Waals surface area contributed by atoms with Crippen molar-refractivity contribution in [1.29, 1.82) is 0 Å². The summed E-state index contributed by atoms with van der Waals surface area (Å²) in [6.07, 6.45) is 1.94. The van der Waals surface area contributed by atoms with Crippen LogP contribution in [-0.4, -0.2) is 54.6 Å². The standard InChI is InChI=1S/C13H23N5/c1-10-9-18(6-5-17(10)4)13-15-8-12(7-14-3)11(2)16-13/h8,10,14H,5-7,9H2,1-4H3. The lowest BCUT2D eigenvalue weighted by Gasteiger charge is -2.37. The molecule has 18 heavy (non-hydrogen) atoms. The maximum Gasteiger partial charge on any atom is 0.225 e. The van der Waals surface area contributed by atoms with Crippen LogP contribution < -0.4 is 10.2 Å². The maximum atomic E-state index is 4.63. The Morgan fingerprint density at radius 1 is 1.44 bits per heavy atom. The van der Waals surface area contributed by atoms with Crippen molar-refractivity contribution in [2.24, 2.45) is 0 Å². The summed E-state index contributed by atoms with van der Waals surface area (Å²) in [7, 11) is 4.11. The summed E-state index contributed by atoms with van der Waals surface area (Å²) in [5, 5.41) is 3.14. The van der Waals surface area contributed by atoms with Gasteiger partial charge in [-0.1, -0.05) is 0 Å². The van der Waals surface area contributed by atoms with Gasteiger partial charge < -0.3 is 15.1 Å². The Kier molecular flexibility index (Phi) is 4.14. The highest BCUT2D eigenvalue weighted by atomic mass is 15.3. The molecule has 100 valence electrons. The number of aryl methyl sites for hydroxylation is 1. The van der Waals surface area contributed by atoms with Crippen LogP contribution in [0.3, 0.4) is 0 Å². The summed E-state index contributed by atoms with van der Waals surface area (Å²) in [6, 6.07) is 0.555. The van der Waals surface area contributed by atoms with Gasteiger partial charge in [0.25, 0.3) is 0 Å². The van der Waals surface area contributed by atoms with Gasteiger partial charge in [-0.25, -0.2) is 9.97 Å². The Bertz CT molecular complexity index is 406. The molecule has 0 aromatic carbocycles. The summed E-state index contributed by atoms with van der Waals surface area (Å²) in [6.45, 7) is 8.20. The topological polar surface area (TPSA) is 44.3 Å². The molecular weight excluding hydrogens is 226 g/mol. The number of likely N-dealkylation sites (N-methyl/N-ethyl adjacent to an activating group) is 1. The number of anilines is 1. The zero-order chi connectivity index (χ0) is 13.1. The van der Waals surface area contributed by atoms with E-state index >= 15 is 0 Å². The molecule has 0 bridgehead atoms. The van der Waals surface area contributed by atoms with Crippen molar-refractivity contribution in [2.45, 2.75) is 26.4 Å². The third-order valence-electron chi connectivity index (χ3n) is 3.68. The molecule has 0 radical (unpaired) electrons. The molecule has 1 aliphatic rings. The molecule has 1 aliphatic heterocycles. The second-order valence-corrected chi connectivity index (χ2v) is 5.09. The summed E-state index contributed by atoms with van der Waals surface area (Å²) in [4.78, 5) is 13.8. The van der Waals surface area contributed by atoms with Crippen molar-refractivity contribution in [1.82, 2.24) is 20.2 Å². The van der Waals surface area contributed by atoms with Gasteiger partial charge in [0.05, 0.1) is 0 Å². The smallest absolute Gasteiger partial charge is 0.225 e. The molecular formula is C13H23N5. The highest BCUT2D eigenvalue weighted by Gasteiger charge is 2.22. The predicted octanol–water partition coefficient (Wildman–Crippen LogP) is 0.645. The number of rotatable bonds is 3. The monoisotopic (exact) mass is 249 g/mol. The molecule has 1 unspecified atom stereocenters. The molecule has 1 aromatic heterocycles.